The summed E-state index contributed by atoms with van der Waals surface area (Å²) >= 11 is 0. The molecule has 33 heavy (non-hydrogen) atoms. The lowest BCUT2D eigenvalue weighted by Gasteiger charge is -2.12. The van der Waals surface area contributed by atoms with Gasteiger partial charge in [-0.15, -0.1) is 0 Å². The zero-order valence-electron chi connectivity index (χ0n) is 17.5. The van der Waals surface area contributed by atoms with Crippen molar-refractivity contribution in [2.45, 2.75) is 13.1 Å². The molecule has 0 radical (unpaired) electrons. The number of aromatic nitrogens is 1. The number of hydrogen-bond acceptors (Lipinski definition) is 2. The predicted octanol–water partition coefficient (Wildman–Crippen LogP) is 5.06. The van der Waals surface area contributed by atoms with Gasteiger partial charge in [-0.2, -0.15) is 0 Å². The van der Waals surface area contributed by atoms with Gasteiger partial charge in [-0.25, -0.2) is 13.6 Å². The lowest BCUT2D eigenvalue weighted by molar-refractivity contribution is -0.123. The number of urea groups is 1. The zero-order valence-corrected chi connectivity index (χ0v) is 17.5. The smallest absolute Gasteiger partial charge is 0.329 e. The van der Waals surface area contributed by atoms with Crippen molar-refractivity contribution in [3.8, 4) is 0 Å². The Kier molecular flexibility index (Phi) is 5.22. The fraction of sp³-hybridized carbons (Fsp3) is 0.0769. The van der Waals surface area contributed by atoms with E-state index in [0.29, 0.717) is 17.7 Å². The summed E-state index contributed by atoms with van der Waals surface area (Å²) in [5.41, 5.74) is 2.47. The molecule has 0 spiro atoms. The molecule has 0 bridgehead atoms. The largest absolute Gasteiger partial charge is 0.342 e. The Labute approximate surface area is 188 Å². The Balaban J connectivity index is 1.48. The summed E-state index contributed by atoms with van der Waals surface area (Å²) in [5, 5.41) is 3.44. The molecule has 2 heterocycles. The number of imide groups is 1. The number of nitrogens with zero attached hydrogens (tertiary/aromatic N) is 2. The summed E-state index contributed by atoms with van der Waals surface area (Å²) in [5.74, 6) is -1.31. The van der Waals surface area contributed by atoms with Gasteiger partial charge in [0.05, 0.1) is 13.1 Å². The maximum atomic E-state index is 14.2. The lowest BCUT2D eigenvalue weighted by atomic mass is 10.1. The third-order valence-electron chi connectivity index (χ3n) is 5.67. The molecule has 0 aliphatic carbocycles. The van der Waals surface area contributed by atoms with Gasteiger partial charge in [0, 0.05) is 33.8 Å². The minimum atomic E-state index is -0.607. The number of amides is 3. The normalized spacial score (nSPS) is 15.0. The highest BCUT2D eigenvalue weighted by molar-refractivity contribution is 6.14. The molecule has 1 saturated heterocycles. The minimum absolute atomic E-state index is 0.102. The Morgan fingerprint density at radius 2 is 1.39 bits per heavy atom. The summed E-state index contributed by atoms with van der Waals surface area (Å²) in [7, 11) is 0. The van der Waals surface area contributed by atoms with Gasteiger partial charge in [0.2, 0.25) is 0 Å². The van der Waals surface area contributed by atoms with E-state index < -0.39 is 17.8 Å². The molecule has 1 aliphatic rings. The number of hydrogen-bond donors (Lipinski definition) is 1. The number of halogens is 2. The molecule has 1 aliphatic heterocycles. The monoisotopic (exact) mass is 443 g/mol. The summed E-state index contributed by atoms with van der Waals surface area (Å²) in [6.07, 6.45) is 3.42. The van der Waals surface area contributed by atoms with Crippen molar-refractivity contribution < 1.29 is 18.4 Å². The van der Waals surface area contributed by atoms with Crippen molar-refractivity contribution in [2.24, 2.45) is 0 Å². The third-order valence-corrected chi connectivity index (χ3v) is 5.67. The van der Waals surface area contributed by atoms with Gasteiger partial charge >= 0.3 is 6.03 Å². The molecule has 4 aromatic rings. The van der Waals surface area contributed by atoms with Crippen LogP contribution in [0.2, 0.25) is 0 Å². The number of fused-ring (bicyclic) bond motifs is 1. The number of carbonyl (C=O) groups excluding carboxylic acids is 2. The summed E-state index contributed by atoms with van der Waals surface area (Å²) < 4.78 is 30.1. The van der Waals surface area contributed by atoms with Crippen molar-refractivity contribution >= 4 is 28.9 Å². The maximum Gasteiger partial charge on any atom is 0.329 e. The van der Waals surface area contributed by atoms with Crippen molar-refractivity contribution in [3.63, 3.8) is 0 Å². The van der Waals surface area contributed by atoms with E-state index in [4.69, 9.17) is 0 Å². The van der Waals surface area contributed by atoms with Crippen LogP contribution in [0.1, 0.15) is 16.7 Å². The highest BCUT2D eigenvalue weighted by Crippen LogP contribution is 2.26. The van der Waals surface area contributed by atoms with E-state index in [9.17, 15) is 18.4 Å². The molecule has 7 heteroatoms. The molecule has 164 valence electrons. The van der Waals surface area contributed by atoms with Gasteiger partial charge in [0.1, 0.15) is 17.3 Å². The second-order valence-corrected chi connectivity index (χ2v) is 7.79. The molecular weight excluding hydrogens is 424 g/mol. The van der Waals surface area contributed by atoms with E-state index in [2.05, 4.69) is 5.32 Å². The highest BCUT2D eigenvalue weighted by atomic mass is 19.1. The SMILES string of the molecule is O=C1NC(=Cc2cn(Cc3ccccc3F)c3ccccc23)C(=O)N1Cc1ccccc1F. The van der Waals surface area contributed by atoms with Crippen molar-refractivity contribution in [1.82, 2.24) is 14.8 Å². The predicted molar refractivity (Wildman–Crippen MR) is 121 cm³/mol. The van der Waals surface area contributed by atoms with E-state index in [1.54, 1.807) is 36.4 Å². The van der Waals surface area contributed by atoms with E-state index in [1.165, 1.54) is 18.2 Å². The topological polar surface area (TPSA) is 54.3 Å². The first kappa shape index (κ1) is 20.6. The minimum Gasteiger partial charge on any atom is -0.342 e. The van der Waals surface area contributed by atoms with Crippen LogP contribution in [0.4, 0.5) is 13.6 Å². The Morgan fingerprint density at radius 3 is 2.09 bits per heavy atom. The average molecular weight is 443 g/mol. The summed E-state index contributed by atoms with van der Waals surface area (Å²) in [6, 6.07) is 19.6. The molecular formula is C26H19F2N3O2. The van der Waals surface area contributed by atoms with Crippen LogP contribution in [-0.4, -0.2) is 21.4 Å². The van der Waals surface area contributed by atoms with Crippen LogP contribution in [0.5, 0.6) is 0 Å². The quantitative estimate of drug-likeness (QED) is 0.346. The van der Waals surface area contributed by atoms with Crippen LogP contribution >= 0.6 is 0 Å². The molecule has 3 aromatic carbocycles. The number of para-hydroxylation sites is 1. The molecule has 0 unspecified atom stereocenters. The maximum absolute atomic E-state index is 14.2. The van der Waals surface area contributed by atoms with Gasteiger partial charge in [-0.1, -0.05) is 54.6 Å². The Bertz CT molecular complexity index is 1420. The van der Waals surface area contributed by atoms with E-state index in [-0.39, 0.29) is 23.6 Å². The first-order valence-electron chi connectivity index (χ1n) is 10.4. The second-order valence-electron chi connectivity index (χ2n) is 7.79. The summed E-state index contributed by atoms with van der Waals surface area (Å²) in [6.45, 7) is 0.153. The zero-order chi connectivity index (χ0) is 22.9. The van der Waals surface area contributed by atoms with E-state index >= 15 is 0 Å². The average Bonchev–Trinajstić information content (AvgIpc) is 3.29. The molecule has 0 atom stereocenters. The molecule has 5 nitrogen and oxygen atoms in total. The first-order chi connectivity index (χ1) is 16.0. The number of nitrogens with one attached hydrogen (secondary N) is 1. The van der Waals surface area contributed by atoms with Crippen LogP contribution in [-0.2, 0) is 17.9 Å². The third kappa shape index (κ3) is 3.89. The Hall–Kier alpha value is -4.26. The number of benzene rings is 3. The van der Waals surface area contributed by atoms with Crippen LogP contribution in [0.15, 0.2) is 84.7 Å². The molecule has 0 saturated carbocycles. The lowest BCUT2D eigenvalue weighted by Crippen LogP contribution is -2.30. The highest BCUT2D eigenvalue weighted by Gasteiger charge is 2.34. The Morgan fingerprint density at radius 1 is 0.788 bits per heavy atom. The van der Waals surface area contributed by atoms with Gasteiger partial charge in [-0.3, -0.25) is 9.69 Å². The molecule has 1 fully saturated rings. The van der Waals surface area contributed by atoms with Crippen molar-refractivity contribution in [1.29, 1.82) is 0 Å². The van der Waals surface area contributed by atoms with Gasteiger partial charge in [0.15, 0.2) is 0 Å². The fourth-order valence-corrected chi connectivity index (χ4v) is 4.00. The first-order valence-corrected chi connectivity index (χ1v) is 10.4. The van der Waals surface area contributed by atoms with Gasteiger partial charge < -0.3 is 9.88 Å². The second kappa shape index (κ2) is 8.35. The fourth-order valence-electron chi connectivity index (χ4n) is 4.00. The van der Waals surface area contributed by atoms with Crippen molar-refractivity contribution in [2.75, 3.05) is 0 Å². The van der Waals surface area contributed by atoms with Crippen LogP contribution < -0.4 is 5.32 Å². The van der Waals surface area contributed by atoms with Crippen LogP contribution in [0.3, 0.4) is 0 Å². The molecule has 5 rings (SSSR count). The van der Waals surface area contributed by atoms with Crippen LogP contribution in [0.25, 0.3) is 17.0 Å². The number of rotatable bonds is 5. The van der Waals surface area contributed by atoms with E-state index in [0.717, 1.165) is 15.8 Å². The van der Waals surface area contributed by atoms with E-state index in [1.807, 2.05) is 35.0 Å². The molecule has 1 N–H and O–H groups in total. The van der Waals surface area contributed by atoms with Crippen molar-refractivity contribution in [3.05, 3.63) is 113 Å². The van der Waals surface area contributed by atoms with Crippen LogP contribution in [0, 0.1) is 11.6 Å². The standard InChI is InChI=1S/C26H19F2N3O2/c27-21-10-4-1-7-17(21)14-30-15-19(20-9-3-6-12-24(20)30)13-23-25(32)31(26(33)29-23)16-18-8-2-5-11-22(18)28/h1-13,15H,14,16H2,(H,29,33). The molecule has 1 aromatic heterocycles. The van der Waals surface area contributed by atoms with Gasteiger partial charge in [0.25, 0.3) is 5.91 Å². The number of carbonyl (C=O) groups is 2. The summed E-state index contributed by atoms with van der Waals surface area (Å²) in [4.78, 5) is 26.3. The van der Waals surface area contributed by atoms with Gasteiger partial charge in [-0.05, 0) is 24.3 Å². The molecule has 3 amide bonds.